The standard InChI is InChI=1S/C5H11N.C3H10O3Si.C3H8.2CH3NOS/c1-2-4-6-5-3-1;1-4-7(5-2)6-3;1-3-2;2*2-1(3)4/h6H,1-5H2;7H,1-3H3;3H2,1-2H3;2*(H3,2,3,4). The number of nitrogens with two attached hydrogens (primary N) is 2. The Balaban J connectivity index is -0.000000108. The Hall–Kier alpha value is -0.563. The fraction of sp³-hybridized carbons (Fsp3) is 0.846. The molecule has 1 aliphatic rings. The molecule has 1 saturated heterocycles. The van der Waals surface area contributed by atoms with E-state index in [2.05, 4.69) is 55.1 Å². The molecule has 0 amide bonds. The minimum Gasteiger partial charge on any atom is -0.487 e. The minimum absolute atomic E-state index is 0.500. The number of hydrogen-bond donors (Lipinski definition) is 5. The molecule has 0 atom stereocenters. The molecule has 0 saturated carbocycles. The summed E-state index contributed by atoms with van der Waals surface area (Å²) in [4.78, 5) is 0. The van der Waals surface area contributed by atoms with Crippen molar-refractivity contribution < 1.29 is 23.5 Å². The van der Waals surface area contributed by atoms with Gasteiger partial charge < -0.3 is 40.3 Å². The van der Waals surface area contributed by atoms with Crippen molar-refractivity contribution in [3.8, 4) is 0 Å². The molecular formula is C13H35N3O5S2Si. The monoisotopic (exact) mass is 405 g/mol. The number of nitrogens with one attached hydrogen (secondary N) is 1. The van der Waals surface area contributed by atoms with Crippen molar-refractivity contribution in [1.82, 2.24) is 5.32 Å². The average molecular weight is 406 g/mol. The molecule has 0 aromatic carbocycles. The van der Waals surface area contributed by atoms with Crippen molar-refractivity contribution in [3.05, 3.63) is 0 Å². The van der Waals surface area contributed by atoms with Crippen molar-refractivity contribution in [3.63, 3.8) is 0 Å². The number of aliphatic hydroxyl groups excluding tert-OH is 2. The molecule has 0 radical (unpaired) electrons. The maximum atomic E-state index is 7.56. The Kier molecular flexibility index (Phi) is 39.5. The molecule has 11 heteroatoms. The predicted molar refractivity (Wildman–Crippen MR) is 110 cm³/mol. The summed E-state index contributed by atoms with van der Waals surface area (Å²) < 4.78 is 14.2. The van der Waals surface area contributed by atoms with Crippen molar-refractivity contribution in [2.75, 3.05) is 34.4 Å². The van der Waals surface area contributed by atoms with Gasteiger partial charge in [0, 0.05) is 21.3 Å². The van der Waals surface area contributed by atoms with Gasteiger partial charge in [-0.3, -0.25) is 0 Å². The van der Waals surface area contributed by atoms with E-state index in [9.17, 15) is 0 Å². The fourth-order valence-corrected chi connectivity index (χ4v) is 1.67. The van der Waals surface area contributed by atoms with E-state index in [-0.39, 0.29) is 0 Å². The van der Waals surface area contributed by atoms with Crippen LogP contribution in [0.1, 0.15) is 39.5 Å². The van der Waals surface area contributed by atoms with Crippen LogP contribution in [0.3, 0.4) is 0 Å². The zero-order chi connectivity index (χ0) is 19.8. The van der Waals surface area contributed by atoms with Crippen molar-refractivity contribution >= 4 is 44.3 Å². The minimum atomic E-state index is -1.67. The summed E-state index contributed by atoms with van der Waals surface area (Å²) in [6.45, 7) is 6.75. The second kappa shape index (κ2) is 30.3. The van der Waals surface area contributed by atoms with Crippen LogP contribution in [0.2, 0.25) is 0 Å². The second-order valence-corrected chi connectivity index (χ2v) is 7.02. The quantitative estimate of drug-likeness (QED) is 0.346. The number of hydrogen-bond acceptors (Lipinski definition) is 6. The summed E-state index contributed by atoms with van der Waals surface area (Å²) in [5.41, 5.74) is 8.80. The molecule has 1 heterocycles. The predicted octanol–water partition coefficient (Wildman–Crippen LogP) is 1.40. The Morgan fingerprint density at radius 3 is 1.21 bits per heavy atom. The Morgan fingerprint density at radius 1 is 0.917 bits per heavy atom. The van der Waals surface area contributed by atoms with Gasteiger partial charge in [0.1, 0.15) is 0 Å². The highest BCUT2D eigenvalue weighted by Gasteiger charge is 2.04. The molecular weight excluding hydrogens is 370 g/mol. The summed E-state index contributed by atoms with van der Waals surface area (Å²) in [5.74, 6) is 0. The van der Waals surface area contributed by atoms with E-state index in [1.165, 1.54) is 38.8 Å². The zero-order valence-corrected chi connectivity index (χ0v) is 18.2. The third kappa shape index (κ3) is 68.5. The van der Waals surface area contributed by atoms with E-state index >= 15 is 0 Å². The first-order chi connectivity index (χ1) is 11.2. The van der Waals surface area contributed by atoms with Crippen LogP contribution in [0.15, 0.2) is 0 Å². The lowest BCUT2D eigenvalue weighted by Crippen LogP contribution is -2.21. The lowest BCUT2D eigenvalue weighted by molar-refractivity contribution is 0.163. The van der Waals surface area contributed by atoms with Crippen molar-refractivity contribution in [2.24, 2.45) is 11.5 Å². The molecule has 0 aromatic rings. The lowest BCUT2D eigenvalue weighted by atomic mass is 10.2. The number of piperidine rings is 1. The lowest BCUT2D eigenvalue weighted by Gasteiger charge is -2.08. The van der Waals surface area contributed by atoms with Crippen LogP contribution in [0.25, 0.3) is 0 Å². The number of rotatable bonds is 3. The van der Waals surface area contributed by atoms with Crippen molar-refractivity contribution in [1.29, 1.82) is 0 Å². The molecule has 1 fully saturated rings. The summed E-state index contributed by atoms with van der Waals surface area (Å²) in [7, 11) is 3.05. The molecule has 1 rings (SSSR count). The molecule has 24 heavy (non-hydrogen) atoms. The largest absolute Gasteiger partial charge is 0.487 e. The van der Waals surface area contributed by atoms with Crippen LogP contribution in [-0.4, -0.2) is 64.5 Å². The van der Waals surface area contributed by atoms with Crippen LogP contribution in [0, 0.1) is 0 Å². The van der Waals surface area contributed by atoms with Gasteiger partial charge in [0.05, 0.1) is 0 Å². The first-order valence-electron chi connectivity index (χ1n) is 7.49. The van der Waals surface area contributed by atoms with Crippen LogP contribution in [-0.2, 0) is 13.3 Å². The summed E-state index contributed by atoms with van der Waals surface area (Å²) in [6.07, 6.45) is 5.47. The van der Waals surface area contributed by atoms with Crippen molar-refractivity contribution in [2.45, 2.75) is 39.5 Å². The molecule has 8 nitrogen and oxygen atoms in total. The van der Waals surface area contributed by atoms with Gasteiger partial charge in [-0.25, -0.2) is 0 Å². The van der Waals surface area contributed by atoms with E-state index in [1.807, 2.05) is 0 Å². The fourth-order valence-electron chi connectivity index (χ4n) is 1.09. The summed E-state index contributed by atoms with van der Waals surface area (Å²) in [6, 6.07) is 0. The van der Waals surface area contributed by atoms with E-state index in [0.717, 1.165) is 0 Å². The van der Waals surface area contributed by atoms with Gasteiger partial charge in [-0.15, -0.1) is 0 Å². The van der Waals surface area contributed by atoms with Crippen LogP contribution >= 0.6 is 24.4 Å². The molecule has 148 valence electrons. The highest BCUT2D eigenvalue weighted by Crippen LogP contribution is 1.96. The van der Waals surface area contributed by atoms with Gasteiger partial charge in [-0.1, -0.05) is 26.7 Å². The van der Waals surface area contributed by atoms with Gasteiger partial charge in [-0.05, 0) is 50.4 Å². The van der Waals surface area contributed by atoms with Gasteiger partial charge in [0.2, 0.25) is 0 Å². The van der Waals surface area contributed by atoms with E-state index in [1.54, 1.807) is 21.3 Å². The molecule has 0 spiro atoms. The first kappa shape index (κ1) is 31.2. The van der Waals surface area contributed by atoms with Gasteiger partial charge in [0.15, 0.2) is 0 Å². The van der Waals surface area contributed by atoms with Crippen LogP contribution < -0.4 is 16.8 Å². The van der Waals surface area contributed by atoms with Gasteiger partial charge >= 0.3 is 9.53 Å². The van der Waals surface area contributed by atoms with Crippen LogP contribution in [0.5, 0.6) is 0 Å². The maximum absolute atomic E-state index is 7.56. The Morgan fingerprint density at radius 2 is 1.17 bits per heavy atom. The normalized spacial score (nSPS) is 11.8. The van der Waals surface area contributed by atoms with E-state index < -0.39 is 19.9 Å². The summed E-state index contributed by atoms with van der Waals surface area (Å²) >= 11 is 7.74. The summed E-state index contributed by atoms with van der Waals surface area (Å²) in [5, 5.41) is 17.4. The highest BCUT2D eigenvalue weighted by molar-refractivity contribution is 7.80. The molecule has 7 N–H and O–H groups in total. The van der Waals surface area contributed by atoms with Gasteiger partial charge in [0.25, 0.3) is 10.3 Å². The Labute approximate surface area is 158 Å². The third-order valence-electron chi connectivity index (χ3n) is 1.78. The second-order valence-electron chi connectivity index (χ2n) is 4.19. The van der Waals surface area contributed by atoms with E-state index in [0.29, 0.717) is 0 Å². The SMILES string of the molecule is C1CCNCC1.CCC.CO[SiH](OC)OC.NC(O)=S.NC(O)=S. The van der Waals surface area contributed by atoms with Crippen LogP contribution in [0.4, 0.5) is 0 Å². The topological polar surface area (TPSA) is 132 Å². The van der Waals surface area contributed by atoms with Gasteiger partial charge in [-0.2, -0.15) is 0 Å². The molecule has 0 unspecified atom stereocenters. The zero-order valence-electron chi connectivity index (χ0n) is 15.4. The third-order valence-corrected chi connectivity index (χ3v) is 2.94. The molecule has 0 bridgehead atoms. The highest BCUT2D eigenvalue weighted by atomic mass is 32.1. The molecule has 1 aliphatic heterocycles. The smallest absolute Gasteiger partial charge is 0.483 e. The van der Waals surface area contributed by atoms with E-state index in [4.69, 9.17) is 23.5 Å². The first-order valence-corrected chi connectivity index (χ1v) is 9.72. The maximum Gasteiger partial charge on any atom is 0.483 e. The molecule has 0 aliphatic carbocycles. The molecule has 0 aromatic heterocycles. The number of aliphatic hydroxyl groups is 2. The number of thiocarbonyl (C=S) groups is 2. The Bertz CT molecular complexity index is 223. The average Bonchev–Trinajstić information content (AvgIpc) is 2.51.